The Morgan fingerprint density at radius 2 is 1.53 bits per heavy atom. The molecule has 0 aliphatic rings. The summed E-state index contributed by atoms with van der Waals surface area (Å²) in [6, 6.07) is 23.4. The molecule has 0 saturated heterocycles. The minimum absolute atomic E-state index is 0.00687. The third-order valence-electron chi connectivity index (χ3n) is 5.74. The van der Waals surface area contributed by atoms with Crippen LogP contribution in [-0.4, -0.2) is 31.1 Å². The van der Waals surface area contributed by atoms with Crippen LogP contribution in [0.4, 0.5) is 0 Å². The second kappa shape index (κ2) is 10.7. The molecule has 38 heavy (non-hydrogen) atoms. The van der Waals surface area contributed by atoms with Gasteiger partial charge < -0.3 is 15.6 Å². The first-order valence-electron chi connectivity index (χ1n) is 11.3. The molecule has 0 aliphatic carbocycles. The number of carboxylic acids is 1. The third-order valence-corrected chi connectivity index (χ3v) is 6.71. The zero-order valence-corrected chi connectivity index (χ0v) is 20.7. The smallest absolute Gasteiger partial charge is 0.335 e. The van der Waals surface area contributed by atoms with Crippen molar-refractivity contribution in [2.24, 2.45) is 10.9 Å². The molecule has 6 N–H and O–H groups in total. The molecule has 4 aromatic rings. The van der Waals surface area contributed by atoms with Crippen LogP contribution in [-0.2, 0) is 16.4 Å². The highest BCUT2D eigenvalue weighted by Crippen LogP contribution is 2.30. The van der Waals surface area contributed by atoms with Gasteiger partial charge in [-0.1, -0.05) is 54.6 Å². The maximum Gasteiger partial charge on any atom is 0.335 e. The Morgan fingerprint density at radius 3 is 2.18 bits per heavy atom. The quantitative estimate of drug-likeness (QED) is 0.143. The number of hydrogen-bond acceptors (Lipinski definition) is 6. The van der Waals surface area contributed by atoms with Crippen LogP contribution >= 0.6 is 0 Å². The van der Waals surface area contributed by atoms with E-state index in [0.717, 1.165) is 0 Å². The molecule has 4 aromatic carbocycles. The Hall–Kier alpha value is -4.80. The summed E-state index contributed by atoms with van der Waals surface area (Å²) < 4.78 is 29.8. The molecule has 192 valence electrons. The molecule has 0 aromatic heterocycles. The number of carboxylic acid groups (broad SMARTS) is 1. The molecule has 0 bridgehead atoms. The van der Waals surface area contributed by atoms with Crippen molar-refractivity contribution in [3.8, 4) is 22.6 Å². The van der Waals surface area contributed by atoms with Gasteiger partial charge in [-0.25, -0.2) is 18.4 Å². The number of aromatic carboxylic acids is 1. The van der Waals surface area contributed by atoms with Crippen molar-refractivity contribution < 1.29 is 27.9 Å². The minimum atomic E-state index is -3.95. The number of rotatable bonds is 9. The lowest BCUT2D eigenvalue weighted by molar-refractivity contribution is 0.0696. The molecule has 9 nitrogen and oxygen atoms in total. The van der Waals surface area contributed by atoms with E-state index in [2.05, 4.69) is 0 Å². The second-order valence-corrected chi connectivity index (χ2v) is 9.92. The van der Waals surface area contributed by atoms with Crippen LogP contribution in [0.5, 0.6) is 11.5 Å². The van der Waals surface area contributed by atoms with Crippen LogP contribution in [0.1, 0.15) is 31.8 Å². The lowest BCUT2D eigenvalue weighted by atomic mass is 9.98. The fraction of sp³-hybridized carbons (Fsp3) is 0.0357. The summed E-state index contributed by atoms with van der Waals surface area (Å²) >= 11 is 0. The Morgan fingerprint density at radius 1 is 0.842 bits per heavy atom. The van der Waals surface area contributed by atoms with E-state index in [-0.39, 0.29) is 34.2 Å². The standard InChI is InChI=1S/C28H23N3O6S/c29-27(30)19-4-3-5-22(15-19)37-25-13-12-20(28(33)34)14-21(25)16-24(32)18-10-8-17(9-11-18)23-6-1-2-7-26(23)38(31,35)36/h1-15H,16H2,(H3,29,30)(H,33,34)(H2,31,35,36). The first kappa shape index (κ1) is 26.3. The van der Waals surface area contributed by atoms with E-state index in [9.17, 15) is 23.1 Å². The summed E-state index contributed by atoms with van der Waals surface area (Å²) in [5.41, 5.74) is 7.66. The number of hydrogen-bond donors (Lipinski definition) is 4. The van der Waals surface area contributed by atoms with Gasteiger partial charge in [-0.05, 0) is 42.0 Å². The highest BCUT2D eigenvalue weighted by atomic mass is 32.2. The third kappa shape index (κ3) is 5.94. The van der Waals surface area contributed by atoms with Gasteiger partial charge in [0.15, 0.2) is 5.78 Å². The van der Waals surface area contributed by atoms with Crippen LogP contribution in [0.15, 0.2) is 95.9 Å². The maximum atomic E-state index is 13.2. The summed E-state index contributed by atoms with van der Waals surface area (Å²) in [7, 11) is -3.95. The molecule has 0 radical (unpaired) electrons. The summed E-state index contributed by atoms with van der Waals surface area (Å²) in [6.45, 7) is 0. The van der Waals surface area contributed by atoms with Gasteiger partial charge in [-0.2, -0.15) is 0 Å². The van der Waals surface area contributed by atoms with Crippen molar-refractivity contribution in [1.29, 1.82) is 5.41 Å². The van der Waals surface area contributed by atoms with E-state index in [1.165, 1.54) is 24.3 Å². The number of amidine groups is 1. The van der Waals surface area contributed by atoms with Crippen molar-refractivity contribution in [3.63, 3.8) is 0 Å². The summed E-state index contributed by atoms with van der Waals surface area (Å²) in [5, 5.41) is 22.4. The van der Waals surface area contributed by atoms with E-state index in [1.807, 2.05) is 0 Å². The minimum Gasteiger partial charge on any atom is -0.478 e. The topological polar surface area (TPSA) is 174 Å². The number of carbonyl (C=O) groups is 2. The first-order valence-corrected chi connectivity index (χ1v) is 12.8. The van der Waals surface area contributed by atoms with Crippen molar-refractivity contribution in [2.75, 3.05) is 0 Å². The van der Waals surface area contributed by atoms with Gasteiger partial charge in [-0.15, -0.1) is 0 Å². The molecule has 0 spiro atoms. The molecule has 0 amide bonds. The largest absolute Gasteiger partial charge is 0.478 e. The number of sulfonamides is 1. The van der Waals surface area contributed by atoms with E-state index in [0.29, 0.717) is 33.6 Å². The second-order valence-electron chi connectivity index (χ2n) is 8.39. The summed E-state index contributed by atoms with van der Waals surface area (Å²) in [6.07, 6.45) is -0.157. The molecule has 0 fully saturated rings. The monoisotopic (exact) mass is 529 g/mol. The van der Waals surface area contributed by atoms with Gasteiger partial charge >= 0.3 is 5.97 Å². The van der Waals surface area contributed by atoms with Gasteiger partial charge in [0.1, 0.15) is 17.3 Å². The number of nitrogens with two attached hydrogens (primary N) is 2. The normalized spacial score (nSPS) is 11.1. The molecular weight excluding hydrogens is 506 g/mol. The molecule has 0 aliphatic heterocycles. The fourth-order valence-corrected chi connectivity index (χ4v) is 4.63. The van der Waals surface area contributed by atoms with Gasteiger partial charge in [0.05, 0.1) is 10.5 Å². The fourth-order valence-electron chi connectivity index (χ4n) is 3.87. The Kier molecular flexibility index (Phi) is 7.38. The van der Waals surface area contributed by atoms with Crippen molar-refractivity contribution in [2.45, 2.75) is 11.3 Å². The van der Waals surface area contributed by atoms with Gasteiger partial charge in [0, 0.05) is 28.7 Å². The number of Topliss-reactive ketones (excluding diaryl/α,β-unsaturated/α-hetero) is 1. The highest BCUT2D eigenvalue weighted by Gasteiger charge is 2.17. The number of nitrogen functional groups attached to an aromatic ring is 1. The molecule has 10 heteroatoms. The average molecular weight is 530 g/mol. The molecule has 4 rings (SSSR count). The highest BCUT2D eigenvalue weighted by molar-refractivity contribution is 7.89. The summed E-state index contributed by atoms with van der Waals surface area (Å²) in [4.78, 5) is 24.7. The van der Waals surface area contributed by atoms with Crippen molar-refractivity contribution in [3.05, 3.63) is 113 Å². The predicted octanol–water partition coefficient (Wildman–Crippen LogP) is 4.20. The zero-order valence-electron chi connectivity index (χ0n) is 19.9. The van der Waals surface area contributed by atoms with Gasteiger partial charge in [0.2, 0.25) is 10.0 Å². The van der Waals surface area contributed by atoms with E-state index in [4.69, 9.17) is 21.0 Å². The average Bonchev–Trinajstić information content (AvgIpc) is 2.89. The molecule has 0 heterocycles. The van der Waals surface area contributed by atoms with Crippen LogP contribution in [0.2, 0.25) is 0 Å². The number of nitrogens with one attached hydrogen (secondary N) is 1. The first-order chi connectivity index (χ1) is 18.0. The summed E-state index contributed by atoms with van der Waals surface area (Å²) in [5.74, 6) is -0.944. The lowest BCUT2D eigenvalue weighted by Gasteiger charge is -2.13. The van der Waals surface area contributed by atoms with Crippen LogP contribution in [0, 0.1) is 5.41 Å². The Balaban J connectivity index is 1.63. The Bertz CT molecular complexity index is 1660. The number of ketones is 1. The maximum absolute atomic E-state index is 13.2. The lowest BCUT2D eigenvalue weighted by Crippen LogP contribution is -2.13. The molecule has 0 saturated carbocycles. The van der Waals surface area contributed by atoms with Gasteiger partial charge in [0.25, 0.3) is 0 Å². The van der Waals surface area contributed by atoms with Crippen LogP contribution in [0.3, 0.4) is 0 Å². The van der Waals surface area contributed by atoms with Crippen molar-refractivity contribution >= 4 is 27.6 Å². The van der Waals surface area contributed by atoms with E-state index in [1.54, 1.807) is 66.7 Å². The van der Waals surface area contributed by atoms with Crippen LogP contribution in [0.25, 0.3) is 11.1 Å². The van der Waals surface area contributed by atoms with Gasteiger partial charge in [-0.3, -0.25) is 10.2 Å². The molecule has 0 atom stereocenters. The molecular formula is C28H23N3O6S. The number of ether oxygens (including phenoxy) is 1. The Labute approximate surface area is 218 Å². The predicted molar refractivity (Wildman–Crippen MR) is 142 cm³/mol. The van der Waals surface area contributed by atoms with Crippen molar-refractivity contribution in [1.82, 2.24) is 0 Å². The van der Waals surface area contributed by atoms with E-state index < -0.39 is 16.0 Å². The van der Waals surface area contributed by atoms with E-state index >= 15 is 0 Å². The number of benzene rings is 4. The molecule has 0 unspecified atom stereocenters. The number of carbonyl (C=O) groups excluding carboxylic acids is 1. The van der Waals surface area contributed by atoms with Crippen LogP contribution < -0.4 is 15.6 Å². The number of primary sulfonamides is 1. The SMILES string of the molecule is N=C(N)c1cccc(Oc2ccc(C(=O)O)cc2CC(=O)c2ccc(-c3ccccc3S(N)(=O)=O)cc2)c1. The zero-order chi connectivity index (χ0) is 27.4.